The van der Waals surface area contributed by atoms with Crippen molar-refractivity contribution in [1.82, 2.24) is 0 Å². The molecule has 1 atom stereocenters. The van der Waals surface area contributed by atoms with Crippen LogP contribution in [-0.2, 0) is 6.42 Å². The Morgan fingerprint density at radius 3 is 2.75 bits per heavy atom. The lowest BCUT2D eigenvalue weighted by molar-refractivity contribution is 0.171. The molecule has 108 valence electrons. The Balaban J connectivity index is 2.08. The zero-order valence-corrected chi connectivity index (χ0v) is 12.7. The van der Waals surface area contributed by atoms with Crippen LogP contribution in [0.2, 0.25) is 0 Å². The van der Waals surface area contributed by atoms with Gasteiger partial charge in [-0.15, -0.1) is 11.3 Å². The summed E-state index contributed by atoms with van der Waals surface area (Å²) in [7, 11) is 1.64. The van der Waals surface area contributed by atoms with Crippen LogP contribution in [0.25, 0.3) is 0 Å². The van der Waals surface area contributed by atoms with Crippen LogP contribution < -0.4 is 9.47 Å². The lowest BCUT2D eigenvalue weighted by atomic mass is 10.0. The minimum absolute atomic E-state index is 0.421. The van der Waals surface area contributed by atoms with E-state index in [-0.39, 0.29) is 0 Å². The summed E-state index contributed by atoms with van der Waals surface area (Å²) in [5.41, 5.74) is 1.07. The molecule has 4 heteroatoms. The van der Waals surface area contributed by atoms with E-state index in [4.69, 9.17) is 9.47 Å². The Morgan fingerprint density at radius 1 is 1.25 bits per heavy atom. The molecule has 2 aromatic rings. The largest absolute Gasteiger partial charge is 0.493 e. The summed E-state index contributed by atoms with van der Waals surface area (Å²) in [6.07, 6.45) is 1.01. The van der Waals surface area contributed by atoms with Gasteiger partial charge in [0, 0.05) is 4.88 Å². The molecule has 0 aliphatic heterocycles. The van der Waals surface area contributed by atoms with Gasteiger partial charge in [-0.2, -0.15) is 0 Å². The van der Waals surface area contributed by atoms with Crippen LogP contribution in [0.15, 0.2) is 35.7 Å². The van der Waals surface area contributed by atoms with Crippen LogP contribution in [0.1, 0.15) is 29.9 Å². The molecule has 0 aliphatic carbocycles. The average Bonchev–Trinajstić information content (AvgIpc) is 3.00. The second-order valence-electron chi connectivity index (χ2n) is 4.45. The molecule has 0 saturated carbocycles. The molecule has 2 rings (SSSR count). The van der Waals surface area contributed by atoms with Gasteiger partial charge in [-0.05, 0) is 42.8 Å². The molecule has 0 radical (unpaired) electrons. The molecule has 1 aromatic carbocycles. The molecule has 0 amide bonds. The van der Waals surface area contributed by atoms with Gasteiger partial charge < -0.3 is 14.6 Å². The first-order valence-electron chi connectivity index (χ1n) is 6.76. The Kier molecular flexibility index (Phi) is 5.44. The van der Waals surface area contributed by atoms with Crippen LogP contribution >= 0.6 is 11.3 Å². The number of rotatable bonds is 7. The van der Waals surface area contributed by atoms with E-state index in [0.717, 1.165) is 28.4 Å². The molecule has 0 spiro atoms. The van der Waals surface area contributed by atoms with Gasteiger partial charge in [0.2, 0.25) is 0 Å². The number of ether oxygens (including phenoxy) is 2. The van der Waals surface area contributed by atoms with E-state index in [1.165, 1.54) is 0 Å². The highest BCUT2D eigenvalue weighted by Crippen LogP contribution is 2.33. The van der Waals surface area contributed by atoms with E-state index in [0.29, 0.717) is 13.0 Å². The van der Waals surface area contributed by atoms with Gasteiger partial charge in [0.15, 0.2) is 11.5 Å². The van der Waals surface area contributed by atoms with Crippen LogP contribution in [0.4, 0.5) is 0 Å². The summed E-state index contributed by atoms with van der Waals surface area (Å²) in [6.45, 7) is 2.55. The number of para-hydroxylation sites is 1. The van der Waals surface area contributed by atoms with Gasteiger partial charge in [-0.1, -0.05) is 18.2 Å². The number of aryl methyl sites for hydroxylation is 1. The molecule has 1 aromatic heterocycles. The lowest BCUT2D eigenvalue weighted by Crippen LogP contribution is -2.02. The number of thiophene rings is 1. The number of hydrogen-bond donors (Lipinski definition) is 1. The highest BCUT2D eigenvalue weighted by atomic mass is 32.1. The standard InChI is InChI=1S/C16H20O3S/c1-3-19-16-12(6-4-7-14(16)18-2)9-10-13(17)15-8-5-11-20-15/h4-8,11,13,17H,3,9-10H2,1-2H3. The molecule has 0 aliphatic rings. The van der Waals surface area contributed by atoms with Crippen LogP contribution in [-0.4, -0.2) is 18.8 Å². The predicted molar refractivity (Wildman–Crippen MR) is 81.8 cm³/mol. The first-order valence-corrected chi connectivity index (χ1v) is 7.64. The maximum Gasteiger partial charge on any atom is 0.164 e. The zero-order valence-electron chi connectivity index (χ0n) is 11.8. The predicted octanol–water partition coefficient (Wildman–Crippen LogP) is 3.82. The highest BCUT2D eigenvalue weighted by molar-refractivity contribution is 7.10. The van der Waals surface area contributed by atoms with E-state index in [9.17, 15) is 5.11 Å². The second-order valence-corrected chi connectivity index (χ2v) is 5.43. The minimum Gasteiger partial charge on any atom is -0.493 e. The normalized spacial score (nSPS) is 12.2. The van der Waals surface area contributed by atoms with Crippen LogP contribution in [0, 0.1) is 0 Å². The summed E-state index contributed by atoms with van der Waals surface area (Å²) >= 11 is 1.58. The van der Waals surface area contributed by atoms with Gasteiger partial charge in [0.25, 0.3) is 0 Å². The van der Waals surface area contributed by atoms with Crippen molar-refractivity contribution in [2.75, 3.05) is 13.7 Å². The van der Waals surface area contributed by atoms with E-state index in [1.54, 1.807) is 18.4 Å². The van der Waals surface area contributed by atoms with Crippen LogP contribution in [0.3, 0.4) is 0 Å². The van der Waals surface area contributed by atoms with Crippen molar-refractivity contribution in [2.24, 2.45) is 0 Å². The summed E-state index contributed by atoms with van der Waals surface area (Å²) < 4.78 is 11.0. The topological polar surface area (TPSA) is 38.7 Å². The second kappa shape index (κ2) is 7.31. The maximum absolute atomic E-state index is 10.2. The molecule has 1 N–H and O–H groups in total. The van der Waals surface area contributed by atoms with Gasteiger partial charge in [-0.25, -0.2) is 0 Å². The average molecular weight is 292 g/mol. The summed E-state index contributed by atoms with van der Waals surface area (Å²) in [5, 5.41) is 12.1. The SMILES string of the molecule is CCOc1c(CCC(O)c2cccs2)cccc1OC. The van der Waals surface area contributed by atoms with Gasteiger partial charge in [0.1, 0.15) is 0 Å². The Bertz CT molecular complexity index is 523. The molecule has 3 nitrogen and oxygen atoms in total. The quantitative estimate of drug-likeness (QED) is 0.843. The van der Waals surface area contributed by atoms with Crippen LogP contribution in [0.5, 0.6) is 11.5 Å². The zero-order chi connectivity index (χ0) is 14.4. The molecule has 0 bridgehead atoms. The van der Waals surface area contributed by atoms with E-state index < -0.39 is 6.10 Å². The third-order valence-corrected chi connectivity index (χ3v) is 4.10. The van der Waals surface area contributed by atoms with Crippen molar-refractivity contribution >= 4 is 11.3 Å². The molecule has 1 unspecified atom stereocenters. The third-order valence-electron chi connectivity index (χ3n) is 3.13. The minimum atomic E-state index is -0.421. The number of methoxy groups -OCH3 is 1. The Hall–Kier alpha value is -1.52. The molecule has 0 fully saturated rings. The summed E-state index contributed by atoms with van der Waals surface area (Å²) in [4.78, 5) is 1.01. The molecule has 20 heavy (non-hydrogen) atoms. The van der Waals surface area contributed by atoms with Gasteiger partial charge >= 0.3 is 0 Å². The van der Waals surface area contributed by atoms with Gasteiger partial charge in [-0.3, -0.25) is 0 Å². The lowest BCUT2D eigenvalue weighted by Gasteiger charge is -2.15. The fraction of sp³-hybridized carbons (Fsp3) is 0.375. The fourth-order valence-corrected chi connectivity index (χ4v) is 2.89. The summed E-state index contributed by atoms with van der Waals surface area (Å²) in [5.74, 6) is 1.53. The van der Waals surface area contributed by atoms with Crippen molar-refractivity contribution in [1.29, 1.82) is 0 Å². The number of aliphatic hydroxyl groups is 1. The van der Waals surface area contributed by atoms with Crippen molar-refractivity contribution in [3.8, 4) is 11.5 Å². The van der Waals surface area contributed by atoms with E-state index >= 15 is 0 Å². The molecule has 1 heterocycles. The number of hydrogen-bond acceptors (Lipinski definition) is 4. The first-order chi connectivity index (χ1) is 9.76. The number of aliphatic hydroxyl groups excluding tert-OH is 1. The Morgan fingerprint density at radius 2 is 2.10 bits per heavy atom. The molecule has 0 saturated heterocycles. The van der Waals surface area contributed by atoms with Crippen molar-refractivity contribution in [2.45, 2.75) is 25.9 Å². The smallest absolute Gasteiger partial charge is 0.164 e. The monoisotopic (exact) mass is 292 g/mol. The third kappa shape index (κ3) is 3.52. The van der Waals surface area contributed by atoms with Gasteiger partial charge in [0.05, 0.1) is 19.8 Å². The van der Waals surface area contributed by atoms with E-state index in [1.807, 2.05) is 42.6 Å². The molecular weight excluding hydrogens is 272 g/mol. The van der Waals surface area contributed by atoms with Crippen molar-refractivity contribution < 1.29 is 14.6 Å². The fourth-order valence-electron chi connectivity index (χ4n) is 2.14. The number of benzene rings is 1. The van der Waals surface area contributed by atoms with Crippen molar-refractivity contribution in [3.63, 3.8) is 0 Å². The molecular formula is C16H20O3S. The van der Waals surface area contributed by atoms with E-state index in [2.05, 4.69) is 0 Å². The summed E-state index contributed by atoms with van der Waals surface area (Å²) in [6, 6.07) is 9.79. The Labute approximate surface area is 123 Å². The first kappa shape index (κ1) is 14.9. The highest BCUT2D eigenvalue weighted by Gasteiger charge is 2.13. The maximum atomic E-state index is 10.2. The van der Waals surface area contributed by atoms with Crippen molar-refractivity contribution in [3.05, 3.63) is 46.2 Å².